The number of hydrogen-bond acceptors (Lipinski definition) is 5. The van der Waals surface area contributed by atoms with Crippen molar-refractivity contribution in [1.29, 1.82) is 0 Å². The third-order valence-corrected chi connectivity index (χ3v) is 12.8. The van der Waals surface area contributed by atoms with Crippen molar-refractivity contribution in [1.82, 2.24) is 19.9 Å². The molecule has 2 heterocycles. The van der Waals surface area contributed by atoms with Crippen molar-refractivity contribution < 1.29 is 4.74 Å². The third-order valence-electron chi connectivity index (χ3n) is 12.8. The van der Waals surface area contributed by atoms with Gasteiger partial charge in [-0.05, 0) is 84.5 Å². The highest BCUT2D eigenvalue weighted by atomic mass is 16.5. The summed E-state index contributed by atoms with van der Waals surface area (Å²) in [6.45, 7) is 9.04. The van der Waals surface area contributed by atoms with E-state index in [-0.39, 0.29) is 12.2 Å². The Morgan fingerprint density at radius 1 is 0.473 bits per heavy atom. The van der Waals surface area contributed by atoms with Gasteiger partial charge in [0.2, 0.25) is 0 Å². The number of benzene rings is 2. The molecule has 0 spiro atoms. The summed E-state index contributed by atoms with van der Waals surface area (Å²) in [6.07, 6.45) is 33.4. The Bertz CT molecular complexity index is 1510. The van der Waals surface area contributed by atoms with Gasteiger partial charge in [0.1, 0.15) is 0 Å². The summed E-state index contributed by atoms with van der Waals surface area (Å²) in [7, 11) is 0. The lowest BCUT2D eigenvalue weighted by atomic mass is 9.74. The largest absolute Gasteiger partial charge is 0.365 e. The summed E-state index contributed by atoms with van der Waals surface area (Å²) in [4.78, 5) is 19.0. The number of unbranched alkanes of at least 4 members (excludes halogenated alkanes) is 4. The van der Waals surface area contributed by atoms with Crippen LogP contribution in [0.15, 0.2) is 73.3 Å². The standard InChI is InChI=1S/C50H70N4O/c1-5-9-11-15-37-17-21-41(22-18-37)47(43-25-29-45(30-26-43)49-51-33-39(13-7-3)34-52-49)55-48(42-23-19-38(20-24-42)16-12-10-6-2)44-27-31-46(32-28-44)50-53-35-40(14-8-4)36-54-50/h25-38,41-42,47-48H,5-24H2,1-4H3. The second-order valence-corrected chi connectivity index (χ2v) is 17.1. The summed E-state index contributed by atoms with van der Waals surface area (Å²) in [5, 5.41) is 0. The average Bonchev–Trinajstić information content (AvgIpc) is 3.23. The van der Waals surface area contributed by atoms with Crippen molar-refractivity contribution in [3.8, 4) is 22.8 Å². The van der Waals surface area contributed by atoms with Crippen LogP contribution in [-0.4, -0.2) is 19.9 Å². The molecule has 6 rings (SSSR count). The summed E-state index contributed by atoms with van der Waals surface area (Å²) in [5.74, 6) is 4.36. The van der Waals surface area contributed by atoms with Crippen LogP contribution in [-0.2, 0) is 17.6 Å². The van der Waals surface area contributed by atoms with Crippen molar-refractivity contribution in [2.24, 2.45) is 23.7 Å². The van der Waals surface area contributed by atoms with Gasteiger partial charge in [-0.2, -0.15) is 0 Å². The highest BCUT2D eigenvalue weighted by Gasteiger charge is 2.36. The SMILES string of the molecule is CCCCCC1CCC(C(OC(c2ccc(-c3ncc(CCC)cn3)cc2)C2CCC(CCCCC)CC2)c2ccc(-c3ncc(CCC)cn3)cc2)CC1. The Morgan fingerprint density at radius 2 is 0.836 bits per heavy atom. The second-order valence-electron chi connectivity index (χ2n) is 17.1. The molecule has 296 valence electrons. The van der Waals surface area contributed by atoms with Crippen LogP contribution < -0.4 is 0 Å². The molecule has 2 atom stereocenters. The first-order valence-corrected chi connectivity index (χ1v) is 22.6. The maximum atomic E-state index is 7.68. The van der Waals surface area contributed by atoms with Crippen molar-refractivity contribution in [2.45, 2.75) is 168 Å². The number of aryl methyl sites for hydroxylation is 2. The van der Waals surface area contributed by atoms with Gasteiger partial charge >= 0.3 is 0 Å². The maximum Gasteiger partial charge on any atom is 0.159 e. The van der Waals surface area contributed by atoms with Crippen molar-refractivity contribution >= 4 is 0 Å². The third kappa shape index (κ3) is 11.8. The predicted octanol–water partition coefficient (Wildman–Crippen LogP) is 14.1. The molecular weight excluding hydrogens is 673 g/mol. The zero-order chi connectivity index (χ0) is 38.2. The van der Waals surface area contributed by atoms with Gasteiger partial charge < -0.3 is 4.74 Å². The molecule has 0 aliphatic heterocycles. The molecule has 4 aromatic rings. The Labute approximate surface area is 334 Å². The molecule has 2 aromatic heterocycles. The second kappa shape index (κ2) is 21.8. The minimum absolute atomic E-state index is 0.0555. The lowest BCUT2D eigenvalue weighted by Gasteiger charge is -2.40. The number of hydrogen-bond donors (Lipinski definition) is 0. The Balaban J connectivity index is 1.27. The van der Waals surface area contributed by atoms with Crippen LogP contribution in [0.5, 0.6) is 0 Å². The molecule has 0 saturated heterocycles. The zero-order valence-electron chi connectivity index (χ0n) is 34.7. The minimum atomic E-state index is 0.0555. The smallest absolute Gasteiger partial charge is 0.159 e. The average molecular weight is 743 g/mol. The number of rotatable bonds is 20. The Hall–Kier alpha value is -3.44. The highest BCUT2D eigenvalue weighted by molar-refractivity contribution is 5.56. The first-order valence-electron chi connectivity index (χ1n) is 22.6. The fourth-order valence-corrected chi connectivity index (χ4v) is 9.49. The van der Waals surface area contributed by atoms with E-state index in [0.29, 0.717) is 11.8 Å². The molecule has 5 heteroatoms. The van der Waals surface area contributed by atoms with E-state index in [0.717, 1.165) is 60.3 Å². The quantitative estimate of drug-likeness (QED) is 0.0844. The van der Waals surface area contributed by atoms with E-state index < -0.39 is 0 Å². The highest BCUT2D eigenvalue weighted by Crippen LogP contribution is 2.47. The predicted molar refractivity (Wildman–Crippen MR) is 229 cm³/mol. The van der Waals surface area contributed by atoms with Crippen LogP contribution in [0.4, 0.5) is 0 Å². The summed E-state index contributed by atoms with van der Waals surface area (Å²) < 4.78 is 7.68. The zero-order valence-corrected chi connectivity index (χ0v) is 34.7. The molecule has 5 nitrogen and oxygen atoms in total. The summed E-state index contributed by atoms with van der Waals surface area (Å²) in [5.41, 5.74) is 7.15. The molecule has 0 bridgehead atoms. The number of ether oxygens (including phenoxy) is 1. The molecule has 0 radical (unpaired) electrons. The summed E-state index contributed by atoms with van der Waals surface area (Å²) in [6, 6.07) is 18.2. The number of nitrogens with zero attached hydrogens (tertiary/aromatic N) is 4. The van der Waals surface area contributed by atoms with Gasteiger partial charge in [0.15, 0.2) is 11.6 Å². The fraction of sp³-hybridized carbons (Fsp3) is 0.600. The number of aromatic nitrogens is 4. The molecule has 0 amide bonds. The van der Waals surface area contributed by atoms with Gasteiger partial charge in [0.05, 0.1) is 12.2 Å². The van der Waals surface area contributed by atoms with Crippen LogP contribution in [0.25, 0.3) is 22.8 Å². The van der Waals surface area contributed by atoms with Gasteiger partial charge in [-0.3, -0.25) is 0 Å². The van der Waals surface area contributed by atoms with Crippen LogP contribution in [0.1, 0.15) is 178 Å². The Morgan fingerprint density at radius 3 is 1.16 bits per heavy atom. The molecule has 2 aliphatic carbocycles. The van der Waals surface area contributed by atoms with E-state index in [1.807, 2.05) is 24.8 Å². The fourth-order valence-electron chi connectivity index (χ4n) is 9.49. The Kier molecular flexibility index (Phi) is 16.3. The minimum Gasteiger partial charge on any atom is -0.365 e. The molecule has 2 aliphatic rings. The molecule has 2 aromatic carbocycles. The van der Waals surface area contributed by atoms with Crippen molar-refractivity contribution in [2.75, 3.05) is 0 Å². The van der Waals surface area contributed by atoms with Gasteiger partial charge in [-0.1, -0.05) is 166 Å². The lowest BCUT2D eigenvalue weighted by Crippen LogP contribution is -2.28. The molecule has 2 saturated carbocycles. The van der Waals surface area contributed by atoms with Crippen LogP contribution in [0.3, 0.4) is 0 Å². The first-order chi connectivity index (χ1) is 27.1. The van der Waals surface area contributed by atoms with E-state index >= 15 is 0 Å². The van der Waals surface area contributed by atoms with Gasteiger partial charge in [-0.15, -0.1) is 0 Å². The van der Waals surface area contributed by atoms with E-state index in [9.17, 15) is 0 Å². The van der Waals surface area contributed by atoms with Crippen LogP contribution in [0.2, 0.25) is 0 Å². The maximum absolute atomic E-state index is 7.68. The van der Waals surface area contributed by atoms with E-state index in [1.165, 1.54) is 125 Å². The molecule has 2 unspecified atom stereocenters. The lowest BCUT2D eigenvalue weighted by molar-refractivity contribution is -0.0907. The first kappa shape index (κ1) is 41.2. The van der Waals surface area contributed by atoms with Crippen molar-refractivity contribution in [3.05, 3.63) is 95.6 Å². The monoisotopic (exact) mass is 743 g/mol. The molecule has 2 fully saturated rings. The van der Waals surface area contributed by atoms with Crippen LogP contribution in [0, 0.1) is 23.7 Å². The van der Waals surface area contributed by atoms with Gasteiger partial charge in [-0.25, -0.2) is 19.9 Å². The molecule has 55 heavy (non-hydrogen) atoms. The summed E-state index contributed by atoms with van der Waals surface area (Å²) >= 11 is 0. The van der Waals surface area contributed by atoms with Crippen LogP contribution >= 0.6 is 0 Å². The normalized spacial score (nSPS) is 21.3. The van der Waals surface area contributed by atoms with Crippen molar-refractivity contribution in [3.63, 3.8) is 0 Å². The van der Waals surface area contributed by atoms with Gasteiger partial charge in [0, 0.05) is 35.9 Å². The molecule has 0 N–H and O–H groups in total. The van der Waals surface area contributed by atoms with E-state index in [4.69, 9.17) is 24.7 Å². The molecular formula is C50H70N4O. The van der Waals surface area contributed by atoms with Gasteiger partial charge in [0.25, 0.3) is 0 Å². The van der Waals surface area contributed by atoms with E-state index in [1.54, 1.807) is 0 Å². The topological polar surface area (TPSA) is 60.8 Å². The van der Waals surface area contributed by atoms with E-state index in [2.05, 4.69) is 76.2 Å².